The molecule has 0 saturated heterocycles. The number of benzene rings is 1. The summed E-state index contributed by atoms with van der Waals surface area (Å²) in [5.74, 6) is -0.284. The molecule has 0 atom stereocenters. The van der Waals surface area contributed by atoms with Crippen LogP contribution in [0.25, 0.3) is 21.5 Å². The third kappa shape index (κ3) is 3.02. The second-order valence-corrected chi connectivity index (χ2v) is 6.77. The van der Waals surface area contributed by atoms with Crippen molar-refractivity contribution < 1.29 is 9.72 Å². The Bertz CT molecular complexity index is 1170. The average Bonchev–Trinajstić information content (AvgIpc) is 3.04. The van der Waals surface area contributed by atoms with E-state index in [-0.39, 0.29) is 11.5 Å². The van der Waals surface area contributed by atoms with Crippen LogP contribution in [0.3, 0.4) is 0 Å². The number of non-ortho nitro benzene ring substituents is 1. The van der Waals surface area contributed by atoms with Crippen LogP contribution in [0.15, 0.2) is 60.9 Å². The predicted molar refractivity (Wildman–Crippen MR) is 104 cm³/mol. The minimum Gasteiger partial charge on any atom is -0.397 e. The van der Waals surface area contributed by atoms with Crippen molar-refractivity contribution in [3.05, 3.63) is 81.5 Å². The van der Waals surface area contributed by atoms with E-state index < -0.39 is 4.92 Å². The van der Waals surface area contributed by atoms with Crippen molar-refractivity contribution in [2.24, 2.45) is 0 Å². The lowest BCUT2D eigenvalue weighted by Gasteiger charge is -2.00. The van der Waals surface area contributed by atoms with Crippen LogP contribution in [0.1, 0.15) is 15.2 Å². The van der Waals surface area contributed by atoms with Crippen molar-refractivity contribution >= 4 is 38.7 Å². The number of anilines is 1. The molecule has 0 aliphatic carbocycles. The Labute approximate surface area is 157 Å². The summed E-state index contributed by atoms with van der Waals surface area (Å²) < 4.78 is 0. The van der Waals surface area contributed by atoms with Crippen molar-refractivity contribution in [1.29, 1.82) is 0 Å². The van der Waals surface area contributed by atoms with E-state index in [0.29, 0.717) is 26.3 Å². The molecule has 4 aromatic rings. The van der Waals surface area contributed by atoms with Gasteiger partial charge in [0.25, 0.3) is 5.69 Å². The number of carbonyl (C=O) groups excluding carboxylic acids is 1. The summed E-state index contributed by atoms with van der Waals surface area (Å²) in [4.78, 5) is 32.8. The Hall–Kier alpha value is -3.65. The fourth-order valence-electron chi connectivity index (χ4n) is 2.71. The Kier molecular flexibility index (Phi) is 4.09. The highest BCUT2D eigenvalue weighted by atomic mass is 32.1. The average molecular weight is 376 g/mol. The zero-order valence-electron chi connectivity index (χ0n) is 13.8. The fraction of sp³-hybridized carbons (Fsp3) is 0. The van der Waals surface area contributed by atoms with Crippen LogP contribution in [0.5, 0.6) is 0 Å². The van der Waals surface area contributed by atoms with Crippen LogP contribution in [-0.4, -0.2) is 20.7 Å². The van der Waals surface area contributed by atoms with Crippen molar-refractivity contribution in [3.63, 3.8) is 0 Å². The first kappa shape index (κ1) is 16.8. The Balaban J connectivity index is 1.74. The van der Waals surface area contributed by atoms with Gasteiger partial charge >= 0.3 is 0 Å². The highest BCUT2D eigenvalue weighted by Gasteiger charge is 2.20. The van der Waals surface area contributed by atoms with E-state index in [1.54, 1.807) is 12.4 Å². The van der Waals surface area contributed by atoms with Gasteiger partial charge < -0.3 is 5.73 Å². The number of carbonyl (C=O) groups is 1. The van der Waals surface area contributed by atoms with Crippen LogP contribution in [0.2, 0.25) is 0 Å². The summed E-state index contributed by atoms with van der Waals surface area (Å²) in [6.45, 7) is 0. The lowest BCUT2D eigenvalue weighted by molar-refractivity contribution is -0.384. The van der Waals surface area contributed by atoms with Gasteiger partial charge in [-0.05, 0) is 36.4 Å². The number of nitrogen functional groups attached to an aromatic ring is 1. The first-order valence-corrected chi connectivity index (χ1v) is 8.75. The van der Waals surface area contributed by atoms with E-state index in [1.807, 2.05) is 24.3 Å². The van der Waals surface area contributed by atoms with Gasteiger partial charge in [-0.3, -0.25) is 19.9 Å². The SMILES string of the molecule is Nc1c(C(=O)c2ccc([N+](=O)[O-])cc2)sc2nc(-c3cccnc3)ccc12. The van der Waals surface area contributed by atoms with E-state index >= 15 is 0 Å². The molecular formula is C19H12N4O3S. The maximum Gasteiger partial charge on any atom is 0.269 e. The summed E-state index contributed by atoms with van der Waals surface area (Å²) in [6, 6.07) is 12.9. The number of nitrogens with zero attached hydrogens (tertiary/aromatic N) is 3. The van der Waals surface area contributed by atoms with Gasteiger partial charge in [-0.15, -0.1) is 11.3 Å². The number of thiophene rings is 1. The normalized spacial score (nSPS) is 10.8. The topological polar surface area (TPSA) is 112 Å². The number of nitro benzene ring substituents is 1. The number of nitrogens with two attached hydrogens (primary N) is 1. The monoisotopic (exact) mass is 376 g/mol. The Morgan fingerprint density at radius 2 is 1.89 bits per heavy atom. The van der Waals surface area contributed by atoms with Gasteiger partial charge in [0.05, 0.1) is 16.3 Å². The molecule has 0 spiro atoms. The predicted octanol–water partition coefficient (Wildman–Crippen LogP) is 4.08. The minimum absolute atomic E-state index is 0.0707. The van der Waals surface area contributed by atoms with E-state index in [2.05, 4.69) is 9.97 Å². The quantitative estimate of drug-likeness (QED) is 0.326. The van der Waals surface area contributed by atoms with Gasteiger partial charge in [0.15, 0.2) is 0 Å². The lowest BCUT2D eigenvalue weighted by atomic mass is 10.1. The number of rotatable bonds is 4. The first-order chi connectivity index (χ1) is 13.0. The molecule has 7 nitrogen and oxygen atoms in total. The Morgan fingerprint density at radius 3 is 2.56 bits per heavy atom. The van der Waals surface area contributed by atoms with E-state index in [4.69, 9.17) is 5.73 Å². The minimum atomic E-state index is -0.508. The molecule has 4 rings (SSSR count). The van der Waals surface area contributed by atoms with Crippen molar-refractivity contribution in [2.45, 2.75) is 0 Å². The largest absolute Gasteiger partial charge is 0.397 e. The second-order valence-electron chi connectivity index (χ2n) is 5.77. The van der Waals surface area contributed by atoms with E-state index in [9.17, 15) is 14.9 Å². The molecule has 132 valence electrons. The van der Waals surface area contributed by atoms with Crippen molar-refractivity contribution in [1.82, 2.24) is 9.97 Å². The van der Waals surface area contributed by atoms with Gasteiger partial charge in [0.2, 0.25) is 5.78 Å². The lowest BCUT2D eigenvalue weighted by Crippen LogP contribution is -2.02. The van der Waals surface area contributed by atoms with Crippen LogP contribution < -0.4 is 5.73 Å². The maximum absolute atomic E-state index is 12.8. The molecular weight excluding hydrogens is 364 g/mol. The second kappa shape index (κ2) is 6.58. The van der Waals surface area contributed by atoms with E-state index in [1.165, 1.54) is 35.6 Å². The summed E-state index contributed by atoms with van der Waals surface area (Å²) in [5.41, 5.74) is 8.42. The summed E-state index contributed by atoms with van der Waals surface area (Å²) in [7, 11) is 0. The van der Waals surface area contributed by atoms with Gasteiger partial charge in [-0.1, -0.05) is 0 Å². The molecule has 0 radical (unpaired) electrons. The van der Waals surface area contributed by atoms with Gasteiger partial charge in [0.1, 0.15) is 9.71 Å². The molecule has 1 aromatic carbocycles. The highest BCUT2D eigenvalue weighted by molar-refractivity contribution is 7.21. The molecule has 0 aliphatic rings. The molecule has 2 N–H and O–H groups in total. The maximum atomic E-state index is 12.8. The molecule has 3 heterocycles. The molecule has 0 bridgehead atoms. The molecule has 8 heteroatoms. The molecule has 0 saturated carbocycles. The zero-order valence-corrected chi connectivity index (χ0v) is 14.6. The van der Waals surface area contributed by atoms with Crippen LogP contribution in [0, 0.1) is 10.1 Å². The van der Waals surface area contributed by atoms with Gasteiger partial charge in [0, 0.05) is 41.0 Å². The fourth-order valence-corrected chi connectivity index (χ4v) is 3.76. The van der Waals surface area contributed by atoms with Gasteiger partial charge in [-0.25, -0.2) is 4.98 Å². The Morgan fingerprint density at radius 1 is 1.11 bits per heavy atom. The third-order valence-electron chi connectivity index (χ3n) is 4.10. The van der Waals surface area contributed by atoms with E-state index in [0.717, 1.165) is 11.3 Å². The van der Waals surface area contributed by atoms with Crippen LogP contribution in [0.4, 0.5) is 11.4 Å². The number of pyridine rings is 2. The summed E-state index contributed by atoms with van der Waals surface area (Å²) >= 11 is 1.21. The highest BCUT2D eigenvalue weighted by Crippen LogP contribution is 2.35. The molecule has 0 fully saturated rings. The molecule has 0 amide bonds. The summed E-state index contributed by atoms with van der Waals surface area (Å²) in [6.07, 6.45) is 3.40. The standard InChI is InChI=1S/C19H12N4O3S/c20-16-14-7-8-15(12-2-1-9-21-10-12)22-19(14)27-18(16)17(24)11-3-5-13(6-4-11)23(25)26/h1-10H,20H2. The third-order valence-corrected chi connectivity index (χ3v) is 5.21. The number of nitro groups is 1. The first-order valence-electron chi connectivity index (χ1n) is 7.93. The van der Waals surface area contributed by atoms with Crippen molar-refractivity contribution in [3.8, 4) is 11.3 Å². The number of hydrogen-bond donors (Lipinski definition) is 1. The van der Waals surface area contributed by atoms with Gasteiger partial charge in [-0.2, -0.15) is 0 Å². The number of fused-ring (bicyclic) bond motifs is 1. The molecule has 27 heavy (non-hydrogen) atoms. The number of hydrogen-bond acceptors (Lipinski definition) is 7. The molecule has 0 aliphatic heterocycles. The van der Waals surface area contributed by atoms with Crippen LogP contribution in [-0.2, 0) is 0 Å². The number of ketones is 1. The van der Waals surface area contributed by atoms with Crippen molar-refractivity contribution in [2.75, 3.05) is 5.73 Å². The van der Waals surface area contributed by atoms with Crippen LogP contribution >= 0.6 is 11.3 Å². The zero-order chi connectivity index (χ0) is 19.0. The molecule has 3 aromatic heterocycles. The molecule has 0 unspecified atom stereocenters. The smallest absolute Gasteiger partial charge is 0.269 e. The summed E-state index contributed by atoms with van der Waals surface area (Å²) in [5, 5.41) is 11.5. The number of aromatic nitrogens is 2.